The number of ether oxygens (including phenoxy) is 2. The molecule has 0 saturated carbocycles. The van der Waals surface area contributed by atoms with E-state index < -0.39 is 5.97 Å². The molecule has 0 aliphatic heterocycles. The first-order chi connectivity index (χ1) is 10.1. The third-order valence-corrected chi connectivity index (χ3v) is 2.66. The third-order valence-electron chi connectivity index (χ3n) is 2.66. The van der Waals surface area contributed by atoms with E-state index in [1.165, 1.54) is 13.2 Å². The van der Waals surface area contributed by atoms with E-state index in [1.54, 1.807) is 30.3 Å². The van der Waals surface area contributed by atoms with Gasteiger partial charge in [-0.2, -0.15) is 5.26 Å². The molecular weight excluding hydrogens is 270 g/mol. The zero-order valence-corrected chi connectivity index (χ0v) is 12.1. The lowest BCUT2D eigenvalue weighted by molar-refractivity contribution is -0.136. The van der Waals surface area contributed by atoms with Crippen molar-refractivity contribution in [1.82, 2.24) is 0 Å². The second-order valence-electron chi connectivity index (χ2n) is 4.31. The summed E-state index contributed by atoms with van der Waals surface area (Å²) in [5.41, 5.74) is 0.463. The Hall–Kier alpha value is -2.61. The van der Waals surface area contributed by atoms with Crippen LogP contribution in [0.25, 0.3) is 6.08 Å². The number of carbonyl (C=O) groups is 2. The van der Waals surface area contributed by atoms with Crippen LogP contribution >= 0.6 is 0 Å². The van der Waals surface area contributed by atoms with Crippen LogP contribution in [0.1, 0.15) is 31.7 Å². The first-order valence-electron chi connectivity index (χ1n) is 6.61. The molecule has 21 heavy (non-hydrogen) atoms. The third kappa shape index (κ3) is 5.49. The van der Waals surface area contributed by atoms with Gasteiger partial charge in [-0.3, -0.25) is 4.79 Å². The summed E-state index contributed by atoms with van der Waals surface area (Å²) in [6, 6.07) is 8.38. The molecule has 1 aromatic carbocycles. The minimum Gasteiger partial charge on any atom is -0.465 e. The fourth-order valence-corrected chi connectivity index (χ4v) is 1.58. The lowest BCUT2D eigenvalue weighted by atomic mass is 10.1. The highest BCUT2D eigenvalue weighted by Crippen LogP contribution is 2.17. The Morgan fingerprint density at radius 3 is 2.76 bits per heavy atom. The topological polar surface area (TPSA) is 76.4 Å². The fourth-order valence-electron chi connectivity index (χ4n) is 1.58. The zero-order valence-electron chi connectivity index (χ0n) is 12.1. The van der Waals surface area contributed by atoms with E-state index in [2.05, 4.69) is 4.74 Å². The van der Waals surface area contributed by atoms with Gasteiger partial charge in [0.2, 0.25) is 0 Å². The fraction of sp³-hybridized carbons (Fsp3) is 0.312. The molecule has 5 heteroatoms. The van der Waals surface area contributed by atoms with Crippen molar-refractivity contribution in [3.63, 3.8) is 0 Å². The Bertz CT molecular complexity index is 584. The summed E-state index contributed by atoms with van der Waals surface area (Å²) in [6.07, 6.45) is 3.44. The second kappa shape index (κ2) is 8.54. The van der Waals surface area contributed by atoms with Crippen LogP contribution in [0, 0.1) is 11.3 Å². The van der Waals surface area contributed by atoms with Crippen LogP contribution in [-0.4, -0.2) is 19.0 Å². The van der Waals surface area contributed by atoms with Crippen molar-refractivity contribution in [2.75, 3.05) is 7.11 Å². The van der Waals surface area contributed by atoms with Crippen molar-refractivity contribution in [3.8, 4) is 11.8 Å². The minimum atomic E-state index is -0.706. The van der Waals surface area contributed by atoms with Crippen LogP contribution in [0.4, 0.5) is 0 Å². The first-order valence-corrected chi connectivity index (χ1v) is 6.61. The Morgan fingerprint density at radius 2 is 2.14 bits per heavy atom. The molecule has 0 bridgehead atoms. The number of unbranched alkanes of at least 4 members (excludes halogenated alkanes) is 1. The summed E-state index contributed by atoms with van der Waals surface area (Å²) in [7, 11) is 1.21. The summed E-state index contributed by atoms with van der Waals surface area (Å²) in [5, 5.41) is 8.90. The summed E-state index contributed by atoms with van der Waals surface area (Å²) >= 11 is 0. The van der Waals surface area contributed by atoms with Crippen molar-refractivity contribution in [2.24, 2.45) is 0 Å². The molecular formula is C16H17NO4. The average Bonchev–Trinajstić information content (AvgIpc) is 2.50. The molecule has 0 heterocycles. The molecule has 0 aliphatic carbocycles. The molecule has 5 nitrogen and oxygen atoms in total. The highest BCUT2D eigenvalue weighted by atomic mass is 16.5. The average molecular weight is 287 g/mol. The van der Waals surface area contributed by atoms with Crippen molar-refractivity contribution >= 4 is 18.0 Å². The van der Waals surface area contributed by atoms with Gasteiger partial charge in [0.05, 0.1) is 7.11 Å². The first kappa shape index (κ1) is 16.4. The van der Waals surface area contributed by atoms with E-state index in [9.17, 15) is 9.59 Å². The molecule has 0 atom stereocenters. The molecule has 0 aromatic heterocycles. The Balaban J connectivity index is 2.86. The highest BCUT2D eigenvalue weighted by Gasteiger charge is 2.09. The van der Waals surface area contributed by atoms with Crippen LogP contribution in [0.2, 0.25) is 0 Å². The van der Waals surface area contributed by atoms with E-state index in [0.29, 0.717) is 17.7 Å². The number of rotatable bonds is 6. The van der Waals surface area contributed by atoms with Crippen molar-refractivity contribution in [1.29, 1.82) is 5.26 Å². The maximum atomic E-state index is 11.6. The summed E-state index contributed by atoms with van der Waals surface area (Å²) in [4.78, 5) is 22.9. The van der Waals surface area contributed by atoms with E-state index in [0.717, 1.165) is 12.8 Å². The van der Waals surface area contributed by atoms with E-state index >= 15 is 0 Å². The van der Waals surface area contributed by atoms with Gasteiger partial charge in [0.1, 0.15) is 17.4 Å². The Kier molecular flexibility index (Phi) is 6.69. The van der Waals surface area contributed by atoms with Gasteiger partial charge in [0.25, 0.3) is 0 Å². The number of benzene rings is 1. The van der Waals surface area contributed by atoms with E-state index in [1.807, 2.05) is 6.92 Å². The second-order valence-corrected chi connectivity index (χ2v) is 4.31. The van der Waals surface area contributed by atoms with Crippen LogP contribution in [-0.2, 0) is 14.3 Å². The Labute approximate surface area is 123 Å². The molecule has 1 aromatic rings. The molecule has 0 amide bonds. The summed E-state index contributed by atoms with van der Waals surface area (Å²) in [5.74, 6) is -0.624. The predicted octanol–water partition coefficient (Wildman–Crippen LogP) is 2.86. The number of carbonyl (C=O) groups excluding carboxylic acids is 2. The van der Waals surface area contributed by atoms with Gasteiger partial charge in [0.15, 0.2) is 0 Å². The van der Waals surface area contributed by atoms with Gasteiger partial charge in [-0.1, -0.05) is 25.5 Å². The molecule has 0 N–H and O–H groups in total. The number of methoxy groups -OCH3 is 1. The van der Waals surface area contributed by atoms with Crippen LogP contribution in [0.15, 0.2) is 29.8 Å². The Morgan fingerprint density at radius 1 is 1.38 bits per heavy atom. The lowest BCUT2D eigenvalue weighted by Crippen LogP contribution is -2.07. The molecule has 0 unspecified atom stereocenters. The van der Waals surface area contributed by atoms with Gasteiger partial charge < -0.3 is 9.47 Å². The van der Waals surface area contributed by atoms with Crippen LogP contribution in [0.5, 0.6) is 5.75 Å². The molecule has 0 radical (unpaired) electrons. The van der Waals surface area contributed by atoms with Crippen LogP contribution < -0.4 is 4.74 Å². The summed E-state index contributed by atoms with van der Waals surface area (Å²) in [6.45, 7) is 1.99. The van der Waals surface area contributed by atoms with Gasteiger partial charge in [0, 0.05) is 6.42 Å². The van der Waals surface area contributed by atoms with E-state index in [4.69, 9.17) is 10.00 Å². The highest BCUT2D eigenvalue weighted by molar-refractivity contribution is 5.97. The zero-order chi connectivity index (χ0) is 15.7. The predicted molar refractivity (Wildman–Crippen MR) is 77.2 cm³/mol. The normalized spacial score (nSPS) is 10.6. The van der Waals surface area contributed by atoms with Crippen molar-refractivity contribution in [3.05, 3.63) is 35.4 Å². The van der Waals surface area contributed by atoms with Gasteiger partial charge in [-0.25, -0.2) is 4.79 Å². The number of nitriles is 1. The maximum Gasteiger partial charge on any atom is 0.348 e. The van der Waals surface area contributed by atoms with E-state index in [-0.39, 0.29) is 11.5 Å². The largest absolute Gasteiger partial charge is 0.465 e. The number of esters is 2. The quantitative estimate of drug-likeness (QED) is 0.348. The molecule has 0 spiro atoms. The molecule has 0 aliphatic rings. The molecule has 110 valence electrons. The number of nitrogens with zero attached hydrogens (tertiary/aromatic N) is 1. The smallest absolute Gasteiger partial charge is 0.348 e. The van der Waals surface area contributed by atoms with Gasteiger partial charge >= 0.3 is 11.9 Å². The van der Waals surface area contributed by atoms with Crippen molar-refractivity contribution in [2.45, 2.75) is 26.2 Å². The maximum absolute atomic E-state index is 11.6. The standard InChI is InChI=1S/C16H17NO4/c1-3-4-8-15(18)21-14-7-5-6-12(10-14)9-13(11-17)16(19)20-2/h5-7,9-10H,3-4,8H2,1-2H3/b13-9+. The van der Waals surface area contributed by atoms with Gasteiger partial charge in [-0.15, -0.1) is 0 Å². The monoisotopic (exact) mass is 287 g/mol. The molecule has 0 saturated heterocycles. The molecule has 0 fully saturated rings. The summed E-state index contributed by atoms with van der Waals surface area (Å²) < 4.78 is 9.69. The minimum absolute atomic E-state index is 0.119. The SMILES string of the molecule is CCCCC(=O)Oc1cccc(/C=C(\C#N)C(=O)OC)c1. The lowest BCUT2D eigenvalue weighted by Gasteiger charge is -2.05. The van der Waals surface area contributed by atoms with Crippen LogP contribution in [0.3, 0.4) is 0 Å². The number of hydrogen-bond acceptors (Lipinski definition) is 5. The van der Waals surface area contributed by atoms with Gasteiger partial charge in [-0.05, 0) is 30.2 Å². The van der Waals surface area contributed by atoms with Crippen molar-refractivity contribution < 1.29 is 19.1 Å². The number of hydrogen-bond donors (Lipinski definition) is 0. The molecule has 1 rings (SSSR count).